The van der Waals surface area contributed by atoms with Gasteiger partial charge >= 0.3 is 12.0 Å². The number of carbonyl (C=O) groups excluding carboxylic acids is 3. The van der Waals surface area contributed by atoms with E-state index >= 15 is 0 Å². The van der Waals surface area contributed by atoms with Crippen molar-refractivity contribution in [1.29, 1.82) is 0 Å². The van der Waals surface area contributed by atoms with Crippen molar-refractivity contribution in [1.82, 2.24) is 40.1 Å². The molecule has 1 aromatic carbocycles. The molecule has 2 saturated heterocycles. The standard InChI is InChI=1S/C41H54N8O5S/c1-9-47-33-15-14-26-18-28(33)29(37(47)27-12-10-16-42-36(27)25(3)53-8)20-41(4,5)23-54-39(51)30-13-11-17-49(45-30)38(50)31(19-35-43-32(26)22-55-35)44-40(52)48-21-34(24(48)2)46(6)7/h10,12,14-16,18,22,24-25,30-31,34,45H,9,11,13,17,19-21,23H2,1-8H3,(H,44,52)/t24-,25+,30+,31+,34-/m1/s1. The molecule has 0 saturated carbocycles. The highest BCUT2D eigenvalue weighted by atomic mass is 32.1. The molecule has 3 aromatic heterocycles. The van der Waals surface area contributed by atoms with Crippen LogP contribution < -0.4 is 10.7 Å². The van der Waals surface area contributed by atoms with Crippen LogP contribution in [0.2, 0.25) is 0 Å². The van der Waals surface area contributed by atoms with Crippen molar-refractivity contribution in [3.05, 3.63) is 58.2 Å². The molecule has 294 valence electrons. The molecule has 5 atom stereocenters. The average Bonchev–Trinajstić information content (AvgIpc) is 3.76. The molecule has 14 heteroatoms. The fourth-order valence-corrected chi connectivity index (χ4v) is 9.10. The highest BCUT2D eigenvalue weighted by Gasteiger charge is 2.42. The van der Waals surface area contributed by atoms with Gasteiger partial charge in [0.25, 0.3) is 5.91 Å². The first-order chi connectivity index (χ1) is 26.3. The number of hydrazine groups is 1. The third kappa shape index (κ3) is 7.61. The topological polar surface area (TPSA) is 134 Å². The third-order valence-electron chi connectivity index (χ3n) is 11.5. The van der Waals surface area contributed by atoms with Gasteiger partial charge in [0.05, 0.1) is 34.8 Å². The summed E-state index contributed by atoms with van der Waals surface area (Å²) < 4.78 is 14.2. The van der Waals surface area contributed by atoms with E-state index in [9.17, 15) is 14.4 Å². The van der Waals surface area contributed by atoms with E-state index in [4.69, 9.17) is 19.4 Å². The van der Waals surface area contributed by atoms with Gasteiger partial charge in [-0.1, -0.05) is 19.9 Å². The van der Waals surface area contributed by atoms with Gasteiger partial charge in [0.2, 0.25) is 0 Å². The highest BCUT2D eigenvalue weighted by molar-refractivity contribution is 7.10. The minimum absolute atomic E-state index is 0.00306. The van der Waals surface area contributed by atoms with E-state index in [1.807, 2.05) is 39.4 Å². The van der Waals surface area contributed by atoms with Gasteiger partial charge in [-0.25, -0.2) is 15.2 Å². The number of esters is 1. The van der Waals surface area contributed by atoms with Crippen molar-refractivity contribution in [3.63, 3.8) is 0 Å². The zero-order valence-corrected chi connectivity index (χ0v) is 34.0. The predicted molar refractivity (Wildman–Crippen MR) is 213 cm³/mol. The second-order valence-electron chi connectivity index (χ2n) is 16.1. The number of methoxy groups -OCH3 is 1. The Kier molecular flexibility index (Phi) is 11.1. The van der Waals surface area contributed by atoms with Crippen molar-refractivity contribution < 1.29 is 23.9 Å². The summed E-state index contributed by atoms with van der Waals surface area (Å²) in [7, 11) is 5.71. The van der Waals surface area contributed by atoms with Gasteiger partial charge in [-0.05, 0) is 84.0 Å². The Bertz CT molecular complexity index is 2080. The van der Waals surface area contributed by atoms with Crippen LogP contribution in [-0.2, 0) is 38.4 Å². The molecule has 3 aliphatic heterocycles. The van der Waals surface area contributed by atoms with Crippen molar-refractivity contribution in [3.8, 4) is 22.5 Å². The molecule has 3 aliphatic rings. The number of hydrogen-bond acceptors (Lipinski definition) is 10. The van der Waals surface area contributed by atoms with E-state index in [0.717, 1.165) is 56.2 Å². The lowest BCUT2D eigenvalue weighted by molar-refractivity contribution is -0.155. The van der Waals surface area contributed by atoms with Crippen LogP contribution in [0, 0.1) is 5.41 Å². The van der Waals surface area contributed by atoms with Crippen LogP contribution in [0.5, 0.6) is 0 Å². The van der Waals surface area contributed by atoms with E-state index in [1.54, 1.807) is 18.2 Å². The highest BCUT2D eigenvalue weighted by Crippen LogP contribution is 2.42. The molecular weight excluding hydrogens is 717 g/mol. The summed E-state index contributed by atoms with van der Waals surface area (Å²) >= 11 is 1.47. The molecule has 3 amide bonds. The van der Waals surface area contributed by atoms with Crippen LogP contribution >= 0.6 is 11.3 Å². The number of cyclic esters (lactones) is 1. The summed E-state index contributed by atoms with van der Waals surface area (Å²) in [6.07, 6.45) is 3.56. The maximum absolute atomic E-state index is 14.2. The summed E-state index contributed by atoms with van der Waals surface area (Å²) in [5, 5.41) is 8.37. The van der Waals surface area contributed by atoms with Crippen LogP contribution in [-0.4, -0.2) is 112 Å². The fraction of sp³-hybridized carbons (Fsp3) is 0.537. The number of likely N-dealkylation sites (tertiary alicyclic amines) is 1. The molecule has 55 heavy (non-hydrogen) atoms. The number of hydrogen-bond donors (Lipinski definition) is 2. The number of urea groups is 1. The lowest BCUT2D eigenvalue weighted by Gasteiger charge is -2.49. The number of benzene rings is 1. The molecule has 2 N–H and O–H groups in total. The molecule has 13 nitrogen and oxygen atoms in total. The van der Waals surface area contributed by atoms with E-state index in [2.05, 4.69) is 65.2 Å². The van der Waals surface area contributed by atoms with Gasteiger partial charge in [-0.15, -0.1) is 11.3 Å². The van der Waals surface area contributed by atoms with Crippen molar-refractivity contribution in [2.75, 3.05) is 40.9 Å². The number of pyridine rings is 1. The van der Waals surface area contributed by atoms with E-state index < -0.39 is 23.5 Å². The average molecular weight is 771 g/mol. The number of aryl methyl sites for hydroxylation is 1. The number of nitrogens with zero attached hydrogens (tertiary/aromatic N) is 6. The number of nitrogens with one attached hydrogen (secondary N) is 2. The molecule has 6 bridgehead atoms. The van der Waals surface area contributed by atoms with Crippen molar-refractivity contribution >= 4 is 40.1 Å². The Labute approximate surface area is 327 Å². The molecule has 2 fully saturated rings. The first-order valence-corrected chi connectivity index (χ1v) is 20.2. The maximum atomic E-state index is 14.2. The molecule has 7 rings (SSSR count). The fourth-order valence-electron chi connectivity index (χ4n) is 8.25. The second-order valence-corrected chi connectivity index (χ2v) is 17.1. The van der Waals surface area contributed by atoms with Gasteiger partial charge in [0, 0.05) is 84.3 Å². The SMILES string of the molecule is CCn1c(-c2cccnc2[C@H](C)OC)c2c3cc(ccc31)-c1csc(n1)C[C@H](NC(=O)N1C[C@@H](N(C)C)[C@H]1C)C(=O)N1CCC[C@H](N1)C(=O)OCC(C)(C)C2. The minimum atomic E-state index is -0.893. The first-order valence-electron chi connectivity index (χ1n) is 19.4. The Balaban J connectivity index is 1.32. The van der Waals surface area contributed by atoms with E-state index in [0.29, 0.717) is 32.4 Å². The molecule has 6 heterocycles. The van der Waals surface area contributed by atoms with Gasteiger partial charge in [0.1, 0.15) is 12.1 Å². The summed E-state index contributed by atoms with van der Waals surface area (Å²) in [6.45, 7) is 12.3. The molecule has 0 radical (unpaired) electrons. The van der Waals surface area contributed by atoms with Crippen LogP contribution in [0.25, 0.3) is 33.4 Å². The zero-order chi connectivity index (χ0) is 39.2. The lowest BCUT2D eigenvalue weighted by Crippen LogP contribution is -2.69. The third-order valence-corrected chi connectivity index (χ3v) is 12.4. The molecule has 0 unspecified atom stereocenters. The van der Waals surface area contributed by atoms with Crippen LogP contribution in [0.4, 0.5) is 4.79 Å². The Morgan fingerprint density at radius 3 is 2.76 bits per heavy atom. The Morgan fingerprint density at radius 2 is 2.04 bits per heavy atom. The second kappa shape index (κ2) is 15.6. The first kappa shape index (κ1) is 38.9. The monoisotopic (exact) mass is 770 g/mol. The predicted octanol–water partition coefficient (Wildman–Crippen LogP) is 5.43. The van der Waals surface area contributed by atoms with Crippen LogP contribution in [0.15, 0.2) is 41.9 Å². The number of likely N-dealkylation sites (N-methyl/N-ethyl adjacent to an activating group) is 1. The summed E-state index contributed by atoms with van der Waals surface area (Å²) in [6, 6.07) is 8.91. The summed E-state index contributed by atoms with van der Waals surface area (Å²) in [5.41, 5.74) is 9.63. The Morgan fingerprint density at radius 1 is 1.24 bits per heavy atom. The Hall–Kier alpha value is -4.37. The molecule has 4 aromatic rings. The van der Waals surface area contributed by atoms with Gasteiger partial charge in [-0.2, -0.15) is 0 Å². The van der Waals surface area contributed by atoms with Crippen LogP contribution in [0.1, 0.15) is 69.8 Å². The largest absolute Gasteiger partial charge is 0.464 e. The zero-order valence-electron chi connectivity index (χ0n) is 33.2. The number of thiazole rings is 1. The number of amides is 3. The number of ether oxygens (including phenoxy) is 2. The number of rotatable bonds is 6. The van der Waals surface area contributed by atoms with Gasteiger partial charge in [0.15, 0.2) is 0 Å². The normalized spacial score (nSPS) is 23.7. The van der Waals surface area contributed by atoms with Gasteiger partial charge in [-0.3, -0.25) is 19.6 Å². The quantitative estimate of drug-likeness (QED) is 0.246. The van der Waals surface area contributed by atoms with Crippen molar-refractivity contribution in [2.24, 2.45) is 5.41 Å². The molecule has 0 spiro atoms. The number of fused-ring (bicyclic) bond motifs is 6. The van der Waals surface area contributed by atoms with Crippen molar-refractivity contribution in [2.45, 2.75) is 97.1 Å². The molecule has 0 aliphatic carbocycles. The molecular formula is C41H54N8O5S. The minimum Gasteiger partial charge on any atom is -0.464 e. The summed E-state index contributed by atoms with van der Waals surface area (Å²) in [5.74, 6) is -0.707. The summed E-state index contributed by atoms with van der Waals surface area (Å²) in [4.78, 5) is 55.3. The number of carbonyl (C=O) groups is 3. The van der Waals surface area contributed by atoms with E-state index in [1.165, 1.54) is 16.3 Å². The number of aromatic nitrogens is 3. The maximum Gasteiger partial charge on any atom is 0.324 e. The lowest BCUT2D eigenvalue weighted by atomic mass is 9.84. The van der Waals surface area contributed by atoms with Gasteiger partial charge < -0.3 is 29.2 Å². The van der Waals surface area contributed by atoms with E-state index in [-0.39, 0.29) is 43.2 Å². The smallest absolute Gasteiger partial charge is 0.324 e. The van der Waals surface area contributed by atoms with Crippen LogP contribution in [0.3, 0.4) is 0 Å².